The number of anilines is 1. The van der Waals surface area contributed by atoms with Crippen LogP contribution in [0.3, 0.4) is 0 Å². The molecule has 0 unspecified atom stereocenters. The molecule has 23 heavy (non-hydrogen) atoms. The first-order valence-electron chi connectivity index (χ1n) is 6.84. The lowest BCUT2D eigenvalue weighted by Gasteiger charge is -2.07. The van der Waals surface area contributed by atoms with E-state index in [1.165, 1.54) is 12.1 Å². The minimum Gasteiger partial charge on any atom is -0.325 e. The fourth-order valence-electron chi connectivity index (χ4n) is 1.72. The van der Waals surface area contributed by atoms with Gasteiger partial charge in [-0.1, -0.05) is 25.6 Å². The third-order valence-corrected chi connectivity index (χ3v) is 3.75. The number of rotatable bonds is 5. The maximum atomic E-state index is 13.1. The fraction of sp³-hybridized carbons (Fsp3) is 0.267. The summed E-state index contributed by atoms with van der Waals surface area (Å²) in [6.07, 6.45) is 0. The Morgan fingerprint density at radius 2 is 2.04 bits per heavy atom. The van der Waals surface area contributed by atoms with E-state index in [0.717, 1.165) is 23.9 Å². The summed E-state index contributed by atoms with van der Waals surface area (Å²) in [5.41, 5.74) is 0.511. The van der Waals surface area contributed by atoms with E-state index < -0.39 is 17.5 Å². The fourth-order valence-corrected chi connectivity index (χ4v) is 2.40. The monoisotopic (exact) mass is 339 g/mol. The van der Waals surface area contributed by atoms with Crippen molar-refractivity contribution in [2.45, 2.75) is 24.9 Å². The Morgan fingerprint density at radius 3 is 2.70 bits per heavy atom. The maximum Gasteiger partial charge on any atom is 0.251 e. The molecule has 0 spiro atoms. The molecule has 2 aromatic rings. The van der Waals surface area contributed by atoms with Crippen LogP contribution in [0.15, 0.2) is 34.2 Å². The van der Waals surface area contributed by atoms with Gasteiger partial charge in [0.2, 0.25) is 5.91 Å². The Kier molecular flexibility index (Phi) is 5.49. The van der Waals surface area contributed by atoms with Crippen molar-refractivity contribution >= 4 is 23.4 Å². The lowest BCUT2D eigenvalue weighted by atomic mass is 10.1. The minimum atomic E-state index is -1.04. The van der Waals surface area contributed by atoms with Crippen molar-refractivity contribution < 1.29 is 13.6 Å². The van der Waals surface area contributed by atoms with Gasteiger partial charge in [-0.2, -0.15) is 0 Å². The molecule has 0 aliphatic carbocycles. The van der Waals surface area contributed by atoms with Crippen LogP contribution in [0.4, 0.5) is 14.5 Å². The summed E-state index contributed by atoms with van der Waals surface area (Å²) < 4.78 is 25.9. The first-order chi connectivity index (χ1) is 10.8. The summed E-state index contributed by atoms with van der Waals surface area (Å²) in [7, 11) is 0. The molecule has 0 bridgehead atoms. The van der Waals surface area contributed by atoms with Gasteiger partial charge < -0.3 is 10.3 Å². The number of H-pyrrole nitrogens is 1. The first-order valence-corrected chi connectivity index (χ1v) is 7.82. The predicted molar refractivity (Wildman–Crippen MR) is 84.7 cm³/mol. The van der Waals surface area contributed by atoms with Crippen molar-refractivity contribution in [2.24, 2.45) is 0 Å². The van der Waals surface area contributed by atoms with E-state index >= 15 is 0 Å². The smallest absolute Gasteiger partial charge is 0.251 e. The van der Waals surface area contributed by atoms with E-state index in [-0.39, 0.29) is 22.9 Å². The molecule has 0 saturated heterocycles. The quantitative estimate of drug-likeness (QED) is 0.649. The number of benzene rings is 1. The van der Waals surface area contributed by atoms with Crippen LogP contribution < -0.4 is 10.9 Å². The van der Waals surface area contributed by atoms with E-state index in [4.69, 9.17) is 0 Å². The van der Waals surface area contributed by atoms with Crippen LogP contribution >= 0.6 is 11.8 Å². The van der Waals surface area contributed by atoms with Crippen molar-refractivity contribution in [3.05, 3.63) is 51.9 Å². The highest BCUT2D eigenvalue weighted by Crippen LogP contribution is 2.17. The molecule has 0 atom stereocenters. The lowest BCUT2D eigenvalue weighted by molar-refractivity contribution is -0.113. The van der Waals surface area contributed by atoms with Gasteiger partial charge in [0.25, 0.3) is 5.56 Å². The van der Waals surface area contributed by atoms with Crippen LogP contribution in [0.1, 0.15) is 25.5 Å². The van der Waals surface area contributed by atoms with E-state index in [1.807, 2.05) is 13.8 Å². The maximum absolute atomic E-state index is 13.1. The lowest BCUT2D eigenvalue weighted by Crippen LogP contribution is -2.16. The molecule has 1 heterocycles. The number of carbonyl (C=O) groups excluding carboxylic acids is 1. The van der Waals surface area contributed by atoms with Crippen molar-refractivity contribution in [3.63, 3.8) is 0 Å². The Morgan fingerprint density at radius 1 is 1.30 bits per heavy atom. The molecule has 1 aromatic carbocycles. The number of thioether (sulfide) groups is 1. The Balaban J connectivity index is 1.99. The normalized spacial score (nSPS) is 10.8. The average Bonchev–Trinajstić information content (AvgIpc) is 2.48. The number of nitrogens with one attached hydrogen (secondary N) is 2. The number of carbonyl (C=O) groups is 1. The minimum absolute atomic E-state index is 0.0243. The third-order valence-electron chi connectivity index (χ3n) is 2.87. The van der Waals surface area contributed by atoms with Crippen molar-refractivity contribution in [1.82, 2.24) is 9.97 Å². The molecule has 2 N–H and O–H groups in total. The van der Waals surface area contributed by atoms with E-state index in [2.05, 4.69) is 15.3 Å². The molecule has 122 valence electrons. The second kappa shape index (κ2) is 7.36. The summed E-state index contributed by atoms with van der Waals surface area (Å²) in [5, 5.41) is 2.78. The van der Waals surface area contributed by atoms with Crippen molar-refractivity contribution in [3.8, 4) is 0 Å². The molecule has 8 heteroatoms. The number of aromatic nitrogens is 2. The van der Waals surface area contributed by atoms with Crippen LogP contribution in [0, 0.1) is 11.6 Å². The number of halogens is 2. The number of nitrogens with zero attached hydrogens (tertiary/aromatic N) is 1. The summed E-state index contributed by atoms with van der Waals surface area (Å²) in [4.78, 5) is 30.2. The van der Waals surface area contributed by atoms with Gasteiger partial charge in [-0.15, -0.1) is 0 Å². The summed E-state index contributed by atoms with van der Waals surface area (Å²) in [6, 6.07) is 4.51. The molecule has 2 rings (SSSR count). The van der Waals surface area contributed by atoms with Gasteiger partial charge in [0.15, 0.2) is 16.8 Å². The third kappa shape index (κ3) is 4.88. The van der Waals surface area contributed by atoms with Crippen LogP contribution in [-0.2, 0) is 4.79 Å². The second-order valence-corrected chi connectivity index (χ2v) is 6.06. The van der Waals surface area contributed by atoms with Crippen molar-refractivity contribution in [2.75, 3.05) is 11.1 Å². The molecule has 1 aromatic heterocycles. The zero-order valence-corrected chi connectivity index (χ0v) is 13.3. The van der Waals surface area contributed by atoms with Crippen LogP contribution in [-0.4, -0.2) is 21.6 Å². The predicted octanol–water partition coefficient (Wildman–Crippen LogP) is 2.90. The first kappa shape index (κ1) is 17.1. The summed E-state index contributed by atoms with van der Waals surface area (Å²) in [6.45, 7) is 3.82. The van der Waals surface area contributed by atoms with E-state index in [0.29, 0.717) is 10.9 Å². The number of amides is 1. The zero-order chi connectivity index (χ0) is 17.0. The molecule has 1 amide bonds. The van der Waals surface area contributed by atoms with Gasteiger partial charge in [-0.05, 0) is 18.1 Å². The van der Waals surface area contributed by atoms with E-state index in [9.17, 15) is 18.4 Å². The Hall–Kier alpha value is -2.22. The summed E-state index contributed by atoms with van der Waals surface area (Å²) in [5.74, 6) is -2.37. The number of aromatic amines is 1. The summed E-state index contributed by atoms with van der Waals surface area (Å²) >= 11 is 1.05. The molecule has 0 aliphatic rings. The van der Waals surface area contributed by atoms with Gasteiger partial charge in [0.05, 0.1) is 11.4 Å². The molecule has 0 radical (unpaired) electrons. The second-order valence-electron chi connectivity index (χ2n) is 5.10. The number of hydrogen-bond donors (Lipinski definition) is 2. The molecular weight excluding hydrogens is 324 g/mol. The highest BCUT2D eigenvalue weighted by Gasteiger charge is 2.10. The molecular formula is C15H15F2N3O2S. The largest absolute Gasteiger partial charge is 0.325 e. The van der Waals surface area contributed by atoms with Gasteiger partial charge in [0, 0.05) is 17.8 Å². The molecule has 5 nitrogen and oxygen atoms in total. The Labute approximate surface area is 135 Å². The zero-order valence-electron chi connectivity index (χ0n) is 12.5. The number of hydrogen-bond acceptors (Lipinski definition) is 4. The molecule has 0 aliphatic heterocycles. The van der Waals surface area contributed by atoms with Gasteiger partial charge in [-0.3, -0.25) is 9.59 Å². The average molecular weight is 339 g/mol. The van der Waals surface area contributed by atoms with E-state index in [1.54, 1.807) is 0 Å². The van der Waals surface area contributed by atoms with Gasteiger partial charge >= 0.3 is 0 Å². The highest BCUT2D eigenvalue weighted by molar-refractivity contribution is 7.99. The standard InChI is InChI=1S/C15H15F2N3O2S/c1-8(2)12-6-13(21)20-15(19-12)23-7-14(22)18-9-3-4-10(16)11(17)5-9/h3-6,8H,7H2,1-2H3,(H,18,22)(H,19,20,21). The molecule has 0 saturated carbocycles. The highest BCUT2D eigenvalue weighted by atomic mass is 32.2. The topological polar surface area (TPSA) is 74.8 Å². The van der Waals surface area contributed by atoms with Crippen molar-refractivity contribution in [1.29, 1.82) is 0 Å². The van der Waals surface area contributed by atoms with Gasteiger partial charge in [0.1, 0.15) is 0 Å². The Bertz CT molecular complexity index is 778. The van der Waals surface area contributed by atoms with Gasteiger partial charge in [-0.25, -0.2) is 13.8 Å². The van der Waals surface area contributed by atoms with Crippen LogP contribution in [0.5, 0.6) is 0 Å². The molecule has 0 fully saturated rings. The van der Waals surface area contributed by atoms with Crippen LogP contribution in [0.25, 0.3) is 0 Å². The SMILES string of the molecule is CC(C)c1cc(=O)[nH]c(SCC(=O)Nc2ccc(F)c(F)c2)n1. The van der Waals surface area contributed by atoms with Crippen LogP contribution in [0.2, 0.25) is 0 Å².